The maximum Gasteiger partial charge on any atom is 0.233 e. The van der Waals surface area contributed by atoms with Crippen LogP contribution in [0.25, 0.3) is 0 Å². The van der Waals surface area contributed by atoms with E-state index in [2.05, 4.69) is 47.2 Å². The van der Waals surface area contributed by atoms with E-state index in [1.54, 1.807) is 0 Å². The van der Waals surface area contributed by atoms with Crippen molar-refractivity contribution in [3.63, 3.8) is 0 Å². The normalized spacial score (nSPS) is 16.0. The Kier molecular flexibility index (Phi) is 5.24. The lowest BCUT2D eigenvalue weighted by Crippen LogP contribution is -2.11. The Bertz CT molecular complexity index is 915. The minimum absolute atomic E-state index is 0.168. The van der Waals surface area contributed by atoms with Gasteiger partial charge in [-0.1, -0.05) is 48.5 Å². The van der Waals surface area contributed by atoms with Crippen LogP contribution in [0.1, 0.15) is 23.7 Å². The van der Waals surface area contributed by atoms with Crippen molar-refractivity contribution >= 4 is 5.90 Å². The first-order chi connectivity index (χ1) is 13.3. The van der Waals surface area contributed by atoms with Crippen LogP contribution in [0.15, 0.2) is 77.9 Å². The fourth-order valence-corrected chi connectivity index (χ4v) is 3.41. The lowest BCUT2D eigenvalue weighted by Gasteiger charge is -2.13. The molecule has 4 rings (SSSR count). The van der Waals surface area contributed by atoms with Gasteiger partial charge in [0, 0.05) is 11.8 Å². The van der Waals surface area contributed by atoms with Crippen molar-refractivity contribution < 1.29 is 9.47 Å². The van der Waals surface area contributed by atoms with E-state index in [1.807, 2.05) is 37.3 Å². The van der Waals surface area contributed by atoms with E-state index >= 15 is 0 Å². The Morgan fingerprint density at radius 2 is 1.85 bits per heavy atom. The van der Waals surface area contributed by atoms with Crippen LogP contribution in [0.3, 0.4) is 0 Å². The molecule has 0 unspecified atom stereocenters. The largest absolute Gasteiger partial charge is 0.494 e. The molecule has 0 fully saturated rings. The van der Waals surface area contributed by atoms with Crippen LogP contribution in [0.5, 0.6) is 5.75 Å². The molecule has 1 atom stereocenters. The number of ether oxygens (including phenoxy) is 2. The van der Waals surface area contributed by atoms with Gasteiger partial charge in [0.05, 0.1) is 19.2 Å². The van der Waals surface area contributed by atoms with Gasteiger partial charge >= 0.3 is 0 Å². The summed E-state index contributed by atoms with van der Waals surface area (Å²) >= 11 is 0. The zero-order valence-electron chi connectivity index (χ0n) is 15.5. The molecule has 0 saturated heterocycles. The van der Waals surface area contributed by atoms with E-state index < -0.39 is 0 Å². The predicted octanol–water partition coefficient (Wildman–Crippen LogP) is 4.32. The van der Waals surface area contributed by atoms with E-state index in [1.165, 1.54) is 5.56 Å². The Hall–Kier alpha value is -3.01. The summed E-state index contributed by atoms with van der Waals surface area (Å²) < 4.78 is 13.9. The highest BCUT2D eigenvalue weighted by Gasteiger charge is 2.22. The smallest absolute Gasteiger partial charge is 0.233 e. The lowest BCUT2D eigenvalue weighted by atomic mass is 10.1. The van der Waals surface area contributed by atoms with Gasteiger partial charge in [0.15, 0.2) is 0 Å². The Labute approximate surface area is 160 Å². The van der Waals surface area contributed by atoms with Gasteiger partial charge in [-0.15, -0.1) is 0 Å². The van der Waals surface area contributed by atoms with Crippen molar-refractivity contribution in [1.82, 2.24) is 4.57 Å². The molecule has 2 heterocycles. The maximum atomic E-state index is 5.94. The van der Waals surface area contributed by atoms with Crippen LogP contribution in [0, 0.1) is 0 Å². The van der Waals surface area contributed by atoms with Gasteiger partial charge in [-0.25, -0.2) is 4.99 Å². The third-order valence-electron chi connectivity index (χ3n) is 4.69. The number of hydrogen-bond donors (Lipinski definition) is 0. The molecule has 0 saturated carbocycles. The number of benzene rings is 2. The lowest BCUT2D eigenvalue weighted by molar-refractivity contribution is 0.315. The second kappa shape index (κ2) is 8.12. The molecule has 0 N–H and O–H groups in total. The van der Waals surface area contributed by atoms with Crippen molar-refractivity contribution in [2.24, 2.45) is 4.99 Å². The monoisotopic (exact) mass is 360 g/mol. The topological polar surface area (TPSA) is 35.8 Å². The van der Waals surface area contributed by atoms with Gasteiger partial charge < -0.3 is 14.0 Å². The van der Waals surface area contributed by atoms with Gasteiger partial charge in [0.1, 0.15) is 18.1 Å². The molecular formula is C23H24N2O2. The summed E-state index contributed by atoms with van der Waals surface area (Å²) in [6.45, 7) is 4.02. The van der Waals surface area contributed by atoms with Gasteiger partial charge in [0.25, 0.3) is 0 Å². The first-order valence-electron chi connectivity index (χ1n) is 9.44. The molecule has 3 aromatic rings. The molecule has 0 aliphatic carbocycles. The summed E-state index contributed by atoms with van der Waals surface area (Å²) in [5.41, 5.74) is 3.45. The van der Waals surface area contributed by atoms with Crippen molar-refractivity contribution in [1.29, 1.82) is 0 Å². The van der Waals surface area contributed by atoms with Crippen LogP contribution >= 0.6 is 0 Å². The average Bonchev–Trinajstić information content (AvgIpc) is 3.34. The van der Waals surface area contributed by atoms with E-state index in [4.69, 9.17) is 14.5 Å². The molecule has 0 bridgehead atoms. The van der Waals surface area contributed by atoms with Crippen LogP contribution in [-0.2, 0) is 17.7 Å². The summed E-state index contributed by atoms with van der Waals surface area (Å²) in [5, 5.41) is 0. The number of aliphatic imine (C=N–C) groups is 1. The molecule has 0 radical (unpaired) electrons. The molecule has 4 heteroatoms. The van der Waals surface area contributed by atoms with Crippen molar-refractivity contribution in [2.75, 3.05) is 13.2 Å². The van der Waals surface area contributed by atoms with Gasteiger partial charge in [-0.3, -0.25) is 0 Å². The summed E-state index contributed by atoms with van der Waals surface area (Å²) in [7, 11) is 0. The van der Waals surface area contributed by atoms with Crippen LogP contribution in [0.2, 0.25) is 0 Å². The van der Waals surface area contributed by atoms with Crippen molar-refractivity contribution in [3.8, 4) is 5.75 Å². The first-order valence-corrected chi connectivity index (χ1v) is 9.44. The molecule has 138 valence electrons. The summed E-state index contributed by atoms with van der Waals surface area (Å²) in [6.07, 6.45) is 2.96. The second-order valence-electron chi connectivity index (χ2n) is 6.65. The molecule has 2 aromatic carbocycles. The minimum atomic E-state index is 0.168. The first kappa shape index (κ1) is 17.4. The third-order valence-corrected chi connectivity index (χ3v) is 4.69. The zero-order valence-corrected chi connectivity index (χ0v) is 15.5. The molecule has 1 aliphatic rings. The van der Waals surface area contributed by atoms with Crippen LogP contribution in [-0.4, -0.2) is 29.7 Å². The van der Waals surface area contributed by atoms with E-state index in [0.717, 1.165) is 35.9 Å². The highest BCUT2D eigenvalue weighted by molar-refractivity contribution is 5.93. The maximum absolute atomic E-state index is 5.94. The fraction of sp³-hybridized carbons (Fsp3) is 0.261. The molecule has 1 aromatic heterocycles. The Morgan fingerprint density at radius 1 is 1.04 bits per heavy atom. The highest BCUT2D eigenvalue weighted by atomic mass is 16.5. The molecule has 0 spiro atoms. The van der Waals surface area contributed by atoms with Crippen molar-refractivity contribution in [2.45, 2.75) is 25.9 Å². The molecular weight excluding hydrogens is 336 g/mol. The van der Waals surface area contributed by atoms with Crippen LogP contribution < -0.4 is 4.74 Å². The molecule has 1 aliphatic heterocycles. The van der Waals surface area contributed by atoms with Gasteiger partial charge in [-0.05, 0) is 37.1 Å². The summed E-state index contributed by atoms with van der Waals surface area (Å²) in [4.78, 5) is 4.83. The van der Waals surface area contributed by atoms with E-state index in [0.29, 0.717) is 13.2 Å². The Balaban J connectivity index is 1.52. The number of aromatic nitrogens is 1. The van der Waals surface area contributed by atoms with E-state index in [9.17, 15) is 0 Å². The van der Waals surface area contributed by atoms with E-state index in [-0.39, 0.29) is 6.04 Å². The second-order valence-corrected chi connectivity index (χ2v) is 6.65. The molecule has 27 heavy (non-hydrogen) atoms. The quantitative estimate of drug-likeness (QED) is 0.629. The fourth-order valence-electron chi connectivity index (χ4n) is 3.41. The predicted molar refractivity (Wildman–Crippen MR) is 108 cm³/mol. The SMILES string of the molecule is CCOc1ccccc1Cn1cccc1C1=N[C@H](Cc2ccccc2)CO1. The number of para-hydroxylation sites is 1. The molecule has 0 amide bonds. The van der Waals surface area contributed by atoms with Crippen LogP contribution in [0.4, 0.5) is 0 Å². The van der Waals surface area contributed by atoms with Gasteiger partial charge in [-0.2, -0.15) is 0 Å². The number of nitrogens with zero attached hydrogens (tertiary/aromatic N) is 2. The standard InChI is InChI=1S/C23H24N2O2/c1-2-26-22-13-7-6-11-19(22)16-25-14-8-12-21(25)23-24-20(17-27-23)15-18-9-4-3-5-10-18/h3-14,20H,2,15-17H2,1H3/t20-/m1/s1. The summed E-state index contributed by atoms with van der Waals surface area (Å²) in [5.74, 6) is 1.66. The van der Waals surface area contributed by atoms with Gasteiger partial charge in [0.2, 0.25) is 5.90 Å². The molecule has 4 nitrogen and oxygen atoms in total. The third kappa shape index (κ3) is 4.05. The zero-order chi connectivity index (χ0) is 18.5. The Morgan fingerprint density at radius 3 is 2.70 bits per heavy atom. The summed E-state index contributed by atoms with van der Waals surface area (Å²) in [6, 6.07) is 22.9. The minimum Gasteiger partial charge on any atom is -0.494 e. The average molecular weight is 360 g/mol. The number of hydrogen-bond acceptors (Lipinski definition) is 3. The van der Waals surface area contributed by atoms with Crippen molar-refractivity contribution in [3.05, 3.63) is 89.7 Å². The number of rotatable bonds is 7. The highest BCUT2D eigenvalue weighted by Crippen LogP contribution is 2.22.